The summed E-state index contributed by atoms with van der Waals surface area (Å²) >= 11 is 0. The summed E-state index contributed by atoms with van der Waals surface area (Å²) in [6.45, 7) is 1.71. The first-order valence-corrected chi connectivity index (χ1v) is 5.68. The van der Waals surface area contributed by atoms with Gasteiger partial charge in [0.1, 0.15) is 5.75 Å². The highest BCUT2D eigenvalue weighted by atomic mass is 16.5. The Morgan fingerprint density at radius 1 is 1.17 bits per heavy atom. The molecule has 0 saturated heterocycles. The third kappa shape index (κ3) is 3.31. The minimum absolute atomic E-state index is 0.190. The fraction of sp³-hybridized carbons (Fsp3) is 0.143. The van der Waals surface area contributed by atoms with E-state index < -0.39 is 6.10 Å². The highest BCUT2D eigenvalue weighted by Gasteiger charge is 2.14. The van der Waals surface area contributed by atoms with Crippen molar-refractivity contribution in [1.82, 2.24) is 4.98 Å². The first-order valence-electron chi connectivity index (χ1n) is 5.68. The molecule has 0 spiro atoms. The lowest BCUT2D eigenvalue weighted by molar-refractivity contribution is -0.122. The van der Waals surface area contributed by atoms with Crippen LogP contribution in [0.4, 0.5) is 5.69 Å². The lowest BCUT2D eigenvalue weighted by Crippen LogP contribution is -2.30. The van der Waals surface area contributed by atoms with E-state index in [-0.39, 0.29) is 5.91 Å². The van der Waals surface area contributed by atoms with Crippen molar-refractivity contribution in [2.75, 3.05) is 5.32 Å². The van der Waals surface area contributed by atoms with Crippen LogP contribution in [0.1, 0.15) is 6.92 Å². The minimum Gasteiger partial charge on any atom is -0.481 e. The molecule has 1 aromatic carbocycles. The molecule has 2 rings (SSSR count). The Labute approximate surface area is 106 Å². The number of aromatic nitrogens is 1. The summed E-state index contributed by atoms with van der Waals surface area (Å²) in [6, 6.07) is 12.7. The molecule has 0 fully saturated rings. The van der Waals surface area contributed by atoms with Gasteiger partial charge in [-0.2, -0.15) is 0 Å². The minimum atomic E-state index is -0.555. The van der Waals surface area contributed by atoms with Crippen molar-refractivity contribution in [3.05, 3.63) is 54.9 Å². The number of pyridine rings is 1. The highest BCUT2D eigenvalue weighted by molar-refractivity contribution is 5.93. The van der Waals surface area contributed by atoms with E-state index in [1.165, 1.54) is 0 Å². The molecular formula is C14H14N2O2. The molecule has 1 N–H and O–H groups in total. The molecule has 1 amide bonds. The fourth-order valence-corrected chi connectivity index (χ4v) is 1.44. The summed E-state index contributed by atoms with van der Waals surface area (Å²) < 4.78 is 5.52. The molecule has 0 aliphatic heterocycles. The number of para-hydroxylation sites is 1. The van der Waals surface area contributed by atoms with E-state index in [0.29, 0.717) is 11.4 Å². The van der Waals surface area contributed by atoms with Gasteiger partial charge in [-0.3, -0.25) is 9.78 Å². The standard InChI is InChI=1S/C14H14N2O2/c1-11(18-13-5-3-2-4-6-13)14(17)16-12-7-9-15-10-8-12/h2-11H,1H3,(H,15,16,17)/t11-/m1/s1. The number of amides is 1. The molecule has 0 radical (unpaired) electrons. The summed E-state index contributed by atoms with van der Waals surface area (Å²) in [5.74, 6) is 0.486. The van der Waals surface area contributed by atoms with Crippen LogP contribution in [0.5, 0.6) is 5.75 Å². The van der Waals surface area contributed by atoms with Gasteiger partial charge in [0.05, 0.1) is 0 Å². The molecule has 0 unspecified atom stereocenters. The van der Waals surface area contributed by atoms with Crippen molar-refractivity contribution >= 4 is 11.6 Å². The molecule has 0 saturated carbocycles. The van der Waals surface area contributed by atoms with Crippen LogP contribution in [0.2, 0.25) is 0 Å². The van der Waals surface area contributed by atoms with Crippen LogP contribution in [-0.2, 0) is 4.79 Å². The molecule has 2 aromatic rings. The zero-order chi connectivity index (χ0) is 12.8. The molecule has 1 heterocycles. The smallest absolute Gasteiger partial charge is 0.265 e. The Morgan fingerprint density at radius 3 is 2.50 bits per heavy atom. The number of carbonyl (C=O) groups is 1. The van der Waals surface area contributed by atoms with Gasteiger partial charge in [-0.05, 0) is 31.2 Å². The lowest BCUT2D eigenvalue weighted by atomic mass is 10.3. The van der Waals surface area contributed by atoms with E-state index in [2.05, 4.69) is 10.3 Å². The molecule has 92 valence electrons. The Balaban J connectivity index is 1.93. The molecule has 0 aliphatic rings. The van der Waals surface area contributed by atoms with Crippen molar-refractivity contribution < 1.29 is 9.53 Å². The molecule has 0 aliphatic carbocycles. The number of ether oxygens (including phenoxy) is 1. The van der Waals surface area contributed by atoms with Gasteiger partial charge in [-0.25, -0.2) is 0 Å². The Morgan fingerprint density at radius 2 is 1.83 bits per heavy atom. The third-order valence-corrected chi connectivity index (χ3v) is 2.37. The molecule has 18 heavy (non-hydrogen) atoms. The average molecular weight is 242 g/mol. The van der Waals surface area contributed by atoms with Crippen molar-refractivity contribution in [3.8, 4) is 5.75 Å². The maximum absolute atomic E-state index is 11.9. The van der Waals surface area contributed by atoms with Crippen molar-refractivity contribution in [3.63, 3.8) is 0 Å². The van der Waals surface area contributed by atoms with E-state index in [1.54, 1.807) is 31.5 Å². The lowest BCUT2D eigenvalue weighted by Gasteiger charge is -2.14. The maximum atomic E-state index is 11.9. The van der Waals surface area contributed by atoms with Gasteiger partial charge in [-0.15, -0.1) is 0 Å². The summed E-state index contributed by atoms with van der Waals surface area (Å²) in [7, 11) is 0. The van der Waals surface area contributed by atoms with Crippen LogP contribution >= 0.6 is 0 Å². The van der Waals surface area contributed by atoms with Crippen LogP contribution in [0.15, 0.2) is 54.9 Å². The Kier molecular flexibility index (Phi) is 3.91. The third-order valence-electron chi connectivity index (χ3n) is 2.37. The number of rotatable bonds is 4. The van der Waals surface area contributed by atoms with Crippen LogP contribution in [-0.4, -0.2) is 17.0 Å². The van der Waals surface area contributed by atoms with E-state index >= 15 is 0 Å². The van der Waals surface area contributed by atoms with Crippen molar-refractivity contribution in [2.24, 2.45) is 0 Å². The SMILES string of the molecule is C[C@@H](Oc1ccccc1)C(=O)Nc1ccncc1. The van der Waals surface area contributed by atoms with E-state index in [1.807, 2.05) is 30.3 Å². The maximum Gasteiger partial charge on any atom is 0.265 e. The van der Waals surface area contributed by atoms with Crippen LogP contribution < -0.4 is 10.1 Å². The normalized spacial score (nSPS) is 11.6. The van der Waals surface area contributed by atoms with E-state index in [0.717, 1.165) is 0 Å². The average Bonchev–Trinajstić information content (AvgIpc) is 2.41. The van der Waals surface area contributed by atoms with Gasteiger partial charge < -0.3 is 10.1 Å². The second-order valence-corrected chi connectivity index (χ2v) is 3.80. The number of benzene rings is 1. The number of nitrogens with zero attached hydrogens (tertiary/aromatic N) is 1. The molecular weight excluding hydrogens is 228 g/mol. The van der Waals surface area contributed by atoms with Crippen LogP contribution in [0, 0.1) is 0 Å². The predicted molar refractivity (Wildman–Crippen MR) is 69.4 cm³/mol. The number of hydrogen-bond donors (Lipinski definition) is 1. The number of anilines is 1. The zero-order valence-corrected chi connectivity index (χ0v) is 10.0. The van der Waals surface area contributed by atoms with Crippen LogP contribution in [0.25, 0.3) is 0 Å². The first-order chi connectivity index (χ1) is 8.75. The summed E-state index contributed by atoms with van der Waals surface area (Å²) in [4.78, 5) is 15.7. The zero-order valence-electron chi connectivity index (χ0n) is 10.0. The second-order valence-electron chi connectivity index (χ2n) is 3.80. The van der Waals surface area contributed by atoms with Gasteiger partial charge in [-0.1, -0.05) is 18.2 Å². The van der Waals surface area contributed by atoms with Crippen LogP contribution in [0.3, 0.4) is 0 Å². The molecule has 0 bridgehead atoms. The molecule has 1 atom stereocenters. The summed E-state index contributed by atoms with van der Waals surface area (Å²) in [6.07, 6.45) is 2.69. The monoisotopic (exact) mass is 242 g/mol. The largest absolute Gasteiger partial charge is 0.481 e. The molecule has 4 heteroatoms. The number of nitrogens with one attached hydrogen (secondary N) is 1. The Hall–Kier alpha value is -2.36. The van der Waals surface area contributed by atoms with E-state index in [9.17, 15) is 4.79 Å². The first kappa shape index (κ1) is 12.1. The highest BCUT2D eigenvalue weighted by Crippen LogP contribution is 2.12. The molecule has 4 nitrogen and oxygen atoms in total. The quantitative estimate of drug-likeness (QED) is 0.896. The number of carbonyl (C=O) groups excluding carboxylic acids is 1. The van der Waals surface area contributed by atoms with Crippen molar-refractivity contribution in [2.45, 2.75) is 13.0 Å². The number of hydrogen-bond acceptors (Lipinski definition) is 3. The van der Waals surface area contributed by atoms with Gasteiger partial charge >= 0.3 is 0 Å². The fourth-order valence-electron chi connectivity index (χ4n) is 1.44. The summed E-state index contributed by atoms with van der Waals surface area (Å²) in [5, 5.41) is 2.76. The Bertz CT molecular complexity index is 500. The van der Waals surface area contributed by atoms with E-state index in [4.69, 9.17) is 4.74 Å². The van der Waals surface area contributed by atoms with Gasteiger partial charge in [0.15, 0.2) is 6.10 Å². The topological polar surface area (TPSA) is 51.2 Å². The molecule has 1 aromatic heterocycles. The van der Waals surface area contributed by atoms with Gasteiger partial charge in [0.25, 0.3) is 5.91 Å². The van der Waals surface area contributed by atoms with Crippen molar-refractivity contribution in [1.29, 1.82) is 0 Å². The predicted octanol–water partition coefficient (Wildman–Crippen LogP) is 2.49. The van der Waals surface area contributed by atoms with Gasteiger partial charge in [0, 0.05) is 18.1 Å². The van der Waals surface area contributed by atoms with Gasteiger partial charge in [0.2, 0.25) is 0 Å². The second kappa shape index (κ2) is 5.82. The summed E-state index contributed by atoms with van der Waals surface area (Å²) in [5.41, 5.74) is 0.707.